The summed E-state index contributed by atoms with van der Waals surface area (Å²) in [6.45, 7) is 1.68. The molecule has 0 radical (unpaired) electrons. The molecule has 0 aliphatic carbocycles. The summed E-state index contributed by atoms with van der Waals surface area (Å²) >= 11 is 0. The Morgan fingerprint density at radius 2 is 1.96 bits per heavy atom. The first-order chi connectivity index (χ1) is 12.6. The van der Waals surface area contributed by atoms with E-state index in [1.54, 1.807) is 13.0 Å². The molecule has 0 atom stereocenters. The van der Waals surface area contributed by atoms with Crippen LogP contribution in [0.15, 0.2) is 35.6 Å². The van der Waals surface area contributed by atoms with E-state index < -0.39 is 27.7 Å². The summed E-state index contributed by atoms with van der Waals surface area (Å²) in [5, 5.41) is -0.370. The van der Waals surface area contributed by atoms with E-state index in [1.807, 2.05) is 0 Å². The van der Waals surface area contributed by atoms with Crippen molar-refractivity contribution in [1.82, 2.24) is 15.0 Å². The molecule has 0 saturated heterocycles. The van der Waals surface area contributed by atoms with Crippen molar-refractivity contribution in [3.05, 3.63) is 41.7 Å². The van der Waals surface area contributed by atoms with Crippen LogP contribution >= 0.6 is 0 Å². The van der Waals surface area contributed by atoms with Crippen molar-refractivity contribution in [1.29, 1.82) is 0 Å². The van der Waals surface area contributed by atoms with E-state index in [2.05, 4.69) is 19.7 Å². The van der Waals surface area contributed by atoms with Crippen molar-refractivity contribution in [2.45, 2.75) is 24.2 Å². The average molecular weight is 401 g/mol. The van der Waals surface area contributed by atoms with Crippen LogP contribution in [-0.4, -0.2) is 36.8 Å². The van der Waals surface area contributed by atoms with E-state index in [-0.39, 0.29) is 21.9 Å². The maximum Gasteiger partial charge on any atom is 0.573 e. The summed E-state index contributed by atoms with van der Waals surface area (Å²) in [4.78, 5) is 10.6. The van der Waals surface area contributed by atoms with Gasteiger partial charge in [0, 0.05) is 17.8 Å². The molecule has 27 heavy (non-hydrogen) atoms. The minimum atomic E-state index is -4.85. The number of hydrogen-bond donors (Lipinski definition) is 1. The van der Waals surface area contributed by atoms with Crippen LogP contribution in [-0.2, 0) is 15.6 Å². The molecule has 0 aliphatic rings. The molecule has 2 heterocycles. The van der Waals surface area contributed by atoms with Crippen molar-refractivity contribution >= 4 is 20.9 Å². The minimum Gasteiger partial charge on any atom is -0.496 e. The van der Waals surface area contributed by atoms with Crippen molar-refractivity contribution in [2.24, 2.45) is 0 Å². The fourth-order valence-corrected chi connectivity index (χ4v) is 3.77. The van der Waals surface area contributed by atoms with Crippen LogP contribution in [0, 0.1) is 6.92 Å². The van der Waals surface area contributed by atoms with Crippen molar-refractivity contribution < 1.29 is 31.1 Å². The van der Waals surface area contributed by atoms with Gasteiger partial charge in [-0.3, -0.25) is 4.98 Å². The normalized spacial score (nSPS) is 12.3. The highest BCUT2D eigenvalue weighted by atomic mass is 32.2. The number of benzene rings is 1. The van der Waals surface area contributed by atoms with Crippen LogP contribution in [0.2, 0.25) is 0 Å². The Bertz CT molecular complexity index is 1090. The first-order valence-corrected chi connectivity index (χ1v) is 9.21. The zero-order valence-electron chi connectivity index (χ0n) is 14.2. The van der Waals surface area contributed by atoms with Crippen LogP contribution < -0.4 is 9.47 Å². The highest BCUT2D eigenvalue weighted by Crippen LogP contribution is 2.27. The van der Waals surface area contributed by atoms with Gasteiger partial charge in [0.1, 0.15) is 17.3 Å². The van der Waals surface area contributed by atoms with E-state index in [0.29, 0.717) is 11.3 Å². The number of aromatic nitrogens is 3. The number of alkyl halides is 3. The molecule has 0 unspecified atom stereocenters. The minimum absolute atomic E-state index is 0.0330. The molecule has 2 aromatic heterocycles. The molecular weight excluding hydrogens is 387 g/mol. The number of halogens is 3. The van der Waals surface area contributed by atoms with Crippen LogP contribution in [0.25, 0.3) is 11.0 Å². The number of methoxy groups -OCH3 is 1. The lowest BCUT2D eigenvalue weighted by molar-refractivity contribution is -0.274. The topological polar surface area (TPSA) is 94.2 Å². The van der Waals surface area contributed by atoms with E-state index in [9.17, 15) is 21.6 Å². The summed E-state index contributed by atoms with van der Waals surface area (Å²) in [7, 11) is -2.46. The number of hydrogen-bond acceptors (Lipinski definition) is 6. The quantitative estimate of drug-likeness (QED) is 0.706. The highest BCUT2D eigenvalue weighted by molar-refractivity contribution is 7.90. The maximum absolute atomic E-state index is 12.7. The maximum atomic E-state index is 12.7. The molecule has 1 N–H and O–H groups in total. The second-order valence-corrected chi connectivity index (χ2v) is 7.52. The Labute approximate surface area is 152 Å². The summed E-state index contributed by atoms with van der Waals surface area (Å²) in [6.07, 6.45) is -3.43. The summed E-state index contributed by atoms with van der Waals surface area (Å²) < 4.78 is 71.2. The fourth-order valence-electron chi connectivity index (χ4n) is 2.48. The van der Waals surface area contributed by atoms with Crippen molar-refractivity contribution in [2.75, 3.05) is 7.11 Å². The van der Waals surface area contributed by atoms with Gasteiger partial charge in [-0.05, 0) is 25.1 Å². The van der Waals surface area contributed by atoms with Gasteiger partial charge in [-0.1, -0.05) is 0 Å². The average Bonchev–Trinajstić information content (AvgIpc) is 2.99. The number of fused-ring (bicyclic) bond motifs is 1. The van der Waals surface area contributed by atoms with Crippen LogP contribution in [0.5, 0.6) is 11.5 Å². The molecule has 7 nitrogen and oxygen atoms in total. The van der Waals surface area contributed by atoms with Gasteiger partial charge in [0.2, 0.25) is 15.0 Å². The number of imidazole rings is 1. The summed E-state index contributed by atoms with van der Waals surface area (Å²) in [5.41, 5.74) is 1.15. The molecule has 0 spiro atoms. The van der Waals surface area contributed by atoms with Gasteiger partial charge < -0.3 is 14.5 Å². The molecular formula is C16H14F3N3O4S. The van der Waals surface area contributed by atoms with Gasteiger partial charge >= 0.3 is 6.36 Å². The Balaban J connectivity index is 1.94. The molecule has 0 bridgehead atoms. The fraction of sp³-hybridized carbons (Fsp3) is 0.250. The van der Waals surface area contributed by atoms with Crippen molar-refractivity contribution in [3.63, 3.8) is 0 Å². The largest absolute Gasteiger partial charge is 0.573 e. The monoisotopic (exact) mass is 401 g/mol. The Kier molecular flexibility index (Phi) is 4.72. The molecule has 0 fully saturated rings. The first-order valence-electron chi connectivity index (χ1n) is 7.56. The molecule has 0 saturated carbocycles. The summed E-state index contributed by atoms with van der Waals surface area (Å²) in [5.74, 6) is -0.439. The van der Waals surface area contributed by atoms with Gasteiger partial charge in [0.15, 0.2) is 0 Å². The van der Waals surface area contributed by atoms with Crippen molar-refractivity contribution in [3.8, 4) is 11.5 Å². The number of nitrogens with one attached hydrogen (secondary N) is 1. The molecule has 0 aliphatic heterocycles. The number of rotatable bonds is 5. The molecule has 144 valence electrons. The lowest BCUT2D eigenvalue weighted by atomic mass is 10.2. The standard InChI is InChI=1S/C16H14F3N3O4S/c1-9-13(20-6-5-14(9)25-2)8-27(23,24)15-21-11-4-3-10(7-12(11)22-15)26-16(17,18)19/h3-7H,8H2,1-2H3,(H,21,22). The predicted molar refractivity (Wildman–Crippen MR) is 89.2 cm³/mol. The Morgan fingerprint density at radius 1 is 1.22 bits per heavy atom. The second kappa shape index (κ2) is 6.72. The number of pyridine rings is 1. The van der Waals surface area contributed by atoms with Gasteiger partial charge in [-0.15, -0.1) is 13.2 Å². The van der Waals surface area contributed by atoms with E-state index >= 15 is 0 Å². The van der Waals surface area contributed by atoms with Gasteiger partial charge in [-0.25, -0.2) is 13.4 Å². The molecule has 1 aromatic carbocycles. The molecule has 3 rings (SSSR count). The van der Waals surface area contributed by atoms with Gasteiger partial charge in [0.25, 0.3) is 0 Å². The first kappa shape index (κ1) is 19.0. The predicted octanol–water partition coefficient (Wildman–Crippen LogP) is 3.15. The Morgan fingerprint density at radius 3 is 2.63 bits per heavy atom. The number of nitrogens with zero attached hydrogens (tertiary/aromatic N) is 2. The second-order valence-electron chi connectivity index (χ2n) is 5.61. The lowest BCUT2D eigenvalue weighted by Gasteiger charge is -2.08. The number of ether oxygens (including phenoxy) is 2. The molecule has 3 aromatic rings. The third-order valence-electron chi connectivity index (χ3n) is 3.77. The van der Waals surface area contributed by atoms with Gasteiger partial charge in [0.05, 0.1) is 23.8 Å². The van der Waals surface area contributed by atoms with Gasteiger partial charge in [-0.2, -0.15) is 0 Å². The Hall–Kier alpha value is -2.82. The van der Waals surface area contributed by atoms with E-state index in [0.717, 1.165) is 12.1 Å². The SMILES string of the molecule is COc1ccnc(CS(=O)(=O)c2nc3cc(OC(F)(F)F)ccc3[nH]2)c1C. The number of sulfone groups is 1. The van der Waals surface area contributed by atoms with Crippen LogP contribution in [0.4, 0.5) is 13.2 Å². The van der Waals surface area contributed by atoms with E-state index in [1.165, 1.54) is 19.4 Å². The van der Waals surface area contributed by atoms with Crippen LogP contribution in [0.3, 0.4) is 0 Å². The zero-order chi connectivity index (χ0) is 19.8. The zero-order valence-corrected chi connectivity index (χ0v) is 15.0. The third kappa shape index (κ3) is 4.13. The van der Waals surface area contributed by atoms with E-state index in [4.69, 9.17) is 4.74 Å². The number of aromatic amines is 1. The smallest absolute Gasteiger partial charge is 0.496 e. The lowest BCUT2D eigenvalue weighted by Crippen LogP contribution is -2.16. The molecule has 0 amide bonds. The number of H-pyrrole nitrogens is 1. The van der Waals surface area contributed by atoms with Crippen LogP contribution in [0.1, 0.15) is 11.3 Å². The molecule has 11 heteroatoms. The highest BCUT2D eigenvalue weighted by Gasteiger charge is 2.31. The third-order valence-corrected chi connectivity index (χ3v) is 5.20. The summed E-state index contributed by atoms with van der Waals surface area (Å²) in [6, 6.07) is 4.94.